The fourth-order valence-corrected chi connectivity index (χ4v) is 3.69. The van der Waals surface area contributed by atoms with Gasteiger partial charge in [0.1, 0.15) is 11.6 Å². The van der Waals surface area contributed by atoms with Crippen molar-refractivity contribution in [2.45, 2.75) is 63.1 Å². The van der Waals surface area contributed by atoms with E-state index in [1.165, 1.54) is 0 Å². The highest BCUT2D eigenvalue weighted by Gasteiger charge is 2.52. The Morgan fingerprint density at radius 1 is 1.26 bits per heavy atom. The number of ether oxygens (including phenoxy) is 1. The zero-order chi connectivity index (χ0) is 13.5. The van der Waals surface area contributed by atoms with Crippen molar-refractivity contribution in [3.8, 4) is 0 Å². The third kappa shape index (κ3) is 2.04. The van der Waals surface area contributed by atoms with Crippen molar-refractivity contribution >= 4 is 11.8 Å². The van der Waals surface area contributed by atoms with Crippen molar-refractivity contribution in [3.63, 3.8) is 0 Å². The molecule has 0 radical (unpaired) electrons. The number of rotatable bonds is 1. The summed E-state index contributed by atoms with van der Waals surface area (Å²) >= 11 is 0. The van der Waals surface area contributed by atoms with Gasteiger partial charge < -0.3 is 15.0 Å². The van der Waals surface area contributed by atoms with Crippen molar-refractivity contribution in [1.29, 1.82) is 0 Å². The first kappa shape index (κ1) is 12.9. The molecule has 1 aliphatic carbocycles. The van der Waals surface area contributed by atoms with E-state index in [0.29, 0.717) is 6.61 Å². The number of hydrogen-bond acceptors (Lipinski definition) is 3. The fourth-order valence-electron chi connectivity index (χ4n) is 3.69. The summed E-state index contributed by atoms with van der Waals surface area (Å²) in [6.07, 6.45) is 5.53. The minimum Gasteiger partial charge on any atom is -0.379 e. The molecule has 3 fully saturated rings. The Morgan fingerprint density at radius 3 is 2.63 bits per heavy atom. The van der Waals surface area contributed by atoms with Gasteiger partial charge in [0.05, 0.1) is 12.6 Å². The van der Waals surface area contributed by atoms with E-state index in [4.69, 9.17) is 4.74 Å². The third-order valence-electron chi connectivity index (χ3n) is 4.79. The molecular weight excluding hydrogens is 244 g/mol. The van der Waals surface area contributed by atoms with Crippen LogP contribution in [0.4, 0.5) is 0 Å². The second-order valence-electron chi connectivity index (χ2n) is 6.04. The normalized spacial score (nSPS) is 34.7. The van der Waals surface area contributed by atoms with Gasteiger partial charge in [-0.25, -0.2) is 0 Å². The van der Waals surface area contributed by atoms with E-state index < -0.39 is 5.54 Å². The van der Waals surface area contributed by atoms with Gasteiger partial charge in [0, 0.05) is 6.61 Å². The predicted octanol–water partition coefficient (Wildman–Crippen LogP) is 0.825. The topological polar surface area (TPSA) is 58.6 Å². The van der Waals surface area contributed by atoms with Gasteiger partial charge in [-0.2, -0.15) is 0 Å². The molecule has 2 aliphatic heterocycles. The van der Waals surface area contributed by atoms with Gasteiger partial charge in [-0.1, -0.05) is 12.8 Å². The first-order chi connectivity index (χ1) is 9.14. The van der Waals surface area contributed by atoms with Gasteiger partial charge in [-0.05, 0) is 32.6 Å². The van der Waals surface area contributed by atoms with Crippen LogP contribution in [0, 0.1) is 0 Å². The molecule has 2 saturated heterocycles. The minimum absolute atomic E-state index is 0.00734. The summed E-state index contributed by atoms with van der Waals surface area (Å²) in [4.78, 5) is 26.9. The van der Waals surface area contributed by atoms with Crippen LogP contribution in [0.25, 0.3) is 0 Å². The van der Waals surface area contributed by atoms with Gasteiger partial charge in [-0.3, -0.25) is 9.59 Å². The molecule has 19 heavy (non-hydrogen) atoms. The highest BCUT2D eigenvalue weighted by atomic mass is 16.5. The van der Waals surface area contributed by atoms with Crippen molar-refractivity contribution < 1.29 is 14.3 Å². The molecule has 5 nitrogen and oxygen atoms in total. The van der Waals surface area contributed by atoms with Crippen LogP contribution in [0.2, 0.25) is 0 Å². The summed E-state index contributed by atoms with van der Waals surface area (Å²) in [6, 6.07) is -0.301. The zero-order valence-electron chi connectivity index (χ0n) is 11.5. The quantitative estimate of drug-likeness (QED) is 0.764. The van der Waals surface area contributed by atoms with Gasteiger partial charge in [0.15, 0.2) is 0 Å². The van der Waals surface area contributed by atoms with E-state index in [9.17, 15) is 9.59 Å². The van der Waals surface area contributed by atoms with Gasteiger partial charge in [0.2, 0.25) is 11.8 Å². The molecule has 3 rings (SSSR count). The third-order valence-corrected chi connectivity index (χ3v) is 4.79. The number of amides is 2. The SMILES string of the molecule is CC1C(=O)NC2(CCCC2)C(=O)N1C1CCCOC1. The summed E-state index contributed by atoms with van der Waals surface area (Å²) in [7, 11) is 0. The summed E-state index contributed by atoms with van der Waals surface area (Å²) in [6.45, 7) is 3.16. The Bertz CT molecular complexity index is 384. The zero-order valence-corrected chi connectivity index (χ0v) is 11.5. The van der Waals surface area contributed by atoms with Crippen molar-refractivity contribution in [2.75, 3.05) is 13.2 Å². The lowest BCUT2D eigenvalue weighted by molar-refractivity contribution is -0.160. The Kier molecular flexibility index (Phi) is 3.25. The van der Waals surface area contributed by atoms with Crippen molar-refractivity contribution in [3.05, 3.63) is 0 Å². The molecule has 2 unspecified atom stereocenters. The molecule has 1 spiro atoms. The summed E-state index contributed by atoms with van der Waals surface area (Å²) < 4.78 is 5.49. The Hall–Kier alpha value is -1.10. The Morgan fingerprint density at radius 2 is 2.00 bits per heavy atom. The lowest BCUT2D eigenvalue weighted by atomic mass is 9.89. The number of nitrogens with one attached hydrogen (secondary N) is 1. The summed E-state index contributed by atoms with van der Waals surface area (Å²) in [5, 5.41) is 2.99. The monoisotopic (exact) mass is 266 g/mol. The number of carbonyl (C=O) groups is 2. The van der Waals surface area contributed by atoms with Crippen molar-refractivity contribution in [2.24, 2.45) is 0 Å². The molecule has 1 saturated carbocycles. The lowest BCUT2D eigenvalue weighted by Gasteiger charge is -2.47. The summed E-state index contributed by atoms with van der Waals surface area (Å²) in [5.41, 5.74) is -0.610. The molecule has 2 atom stereocenters. The van der Waals surface area contributed by atoms with Crippen LogP contribution in [-0.2, 0) is 14.3 Å². The number of nitrogens with zero attached hydrogens (tertiary/aromatic N) is 1. The molecule has 5 heteroatoms. The van der Waals surface area contributed by atoms with Crippen LogP contribution >= 0.6 is 0 Å². The average molecular weight is 266 g/mol. The van der Waals surface area contributed by atoms with Crippen LogP contribution in [-0.4, -0.2) is 47.6 Å². The average Bonchev–Trinajstić information content (AvgIpc) is 2.88. The van der Waals surface area contributed by atoms with E-state index in [1.807, 2.05) is 11.8 Å². The standard InChI is InChI=1S/C14H22N2O3/c1-10-12(17)15-14(6-2-3-7-14)13(18)16(10)11-5-4-8-19-9-11/h10-11H,2-9H2,1H3,(H,15,17). The minimum atomic E-state index is -0.610. The first-order valence-electron chi connectivity index (χ1n) is 7.37. The molecule has 106 valence electrons. The molecule has 0 aromatic heterocycles. The Balaban J connectivity index is 1.87. The number of carbonyl (C=O) groups excluding carboxylic acids is 2. The van der Waals surface area contributed by atoms with Crippen molar-refractivity contribution in [1.82, 2.24) is 10.2 Å². The molecule has 3 aliphatic rings. The maximum Gasteiger partial charge on any atom is 0.249 e. The molecule has 2 heterocycles. The highest BCUT2D eigenvalue weighted by molar-refractivity contribution is 6.00. The molecule has 0 aromatic carbocycles. The molecule has 0 aromatic rings. The summed E-state index contributed by atoms with van der Waals surface area (Å²) in [5.74, 6) is 0.111. The fraction of sp³-hybridized carbons (Fsp3) is 0.857. The van der Waals surface area contributed by atoms with Gasteiger partial charge >= 0.3 is 0 Å². The van der Waals surface area contributed by atoms with Gasteiger partial charge in [0.25, 0.3) is 0 Å². The number of hydrogen-bond donors (Lipinski definition) is 1. The predicted molar refractivity (Wildman–Crippen MR) is 69.5 cm³/mol. The molecule has 0 bridgehead atoms. The largest absolute Gasteiger partial charge is 0.379 e. The van der Waals surface area contributed by atoms with E-state index >= 15 is 0 Å². The first-order valence-corrected chi connectivity index (χ1v) is 7.37. The maximum absolute atomic E-state index is 12.9. The smallest absolute Gasteiger partial charge is 0.249 e. The molecular formula is C14H22N2O3. The van der Waals surface area contributed by atoms with E-state index in [0.717, 1.165) is 45.1 Å². The maximum atomic E-state index is 12.9. The van der Waals surface area contributed by atoms with Crippen LogP contribution in [0.3, 0.4) is 0 Å². The lowest BCUT2D eigenvalue weighted by Crippen LogP contribution is -2.71. The van der Waals surface area contributed by atoms with E-state index in [-0.39, 0.29) is 23.9 Å². The van der Waals surface area contributed by atoms with Crippen LogP contribution in [0.15, 0.2) is 0 Å². The highest BCUT2D eigenvalue weighted by Crippen LogP contribution is 2.36. The van der Waals surface area contributed by atoms with Crippen LogP contribution < -0.4 is 5.32 Å². The number of piperazine rings is 1. The molecule has 2 amide bonds. The second-order valence-corrected chi connectivity index (χ2v) is 6.04. The van der Waals surface area contributed by atoms with E-state index in [2.05, 4.69) is 5.32 Å². The van der Waals surface area contributed by atoms with E-state index in [1.54, 1.807) is 0 Å². The molecule has 1 N–H and O–H groups in total. The second kappa shape index (κ2) is 4.78. The van der Waals surface area contributed by atoms with Crippen LogP contribution in [0.1, 0.15) is 45.4 Å². The van der Waals surface area contributed by atoms with Gasteiger partial charge in [-0.15, -0.1) is 0 Å². The Labute approximate surface area is 113 Å². The van der Waals surface area contributed by atoms with Crippen LogP contribution in [0.5, 0.6) is 0 Å².